The molecule has 0 unspecified atom stereocenters. The molecule has 0 saturated heterocycles. The van der Waals surface area contributed by atoms with Crippen molar-refractivity contribution in [1.82, 2.24) is 29.5 Å². The van der Waals surface area contributed by atoms with Crippen LogP contribution in [-0.2, 0) is 5.41 Å². The minimum atomic E-state index is -0.222. The van der Waals surface area contributed by atoms with Crippen molar-refractivity contribution in [3.63, 3.8) is 0 Å². The molecule has 15 aromatic rings. The molecular formula is C85H57BN10. The summed E-state index contributed by atoms with van der Waals surface area (Å²) in [6.07, 6.45) is 0. The molecular weight excluding hydrogens is 1170 g/mol. The van der Waals surface area contributed by atoms with Crippen LogP contribution < -0.4 is 26.2 Å². The molecule has 0 amide bonds. The van der Waals surface area contributed by atoms with Crippen LogP contribution in [0.4, 0.5) is 39.8 Å². The fourth-order valence-corrected chi connectivity index (χ4v) is 14.0. The van der Waals surface area contributed by atoms with Gasteiger partial charge in [-0.3, -0.25) is 0 Å². The van der Waals surface area contributed by atoms with Crippen molar-refractivity contribution in [2.45, 2.75) is 26.2 Å². The fraction of sp³-hybridized carbons (Fsp3) is 0.0471. The first-order valence-corrected chi connectivity index (χ1v) is 32.2. The molecule has 3 aromatic heterocycles. The minimum absolute atomic E-state index is 0.183. The molecule has 96 heavy (non-hydrogen) atoms. The van der Waals surface area contributed by atoms with Crippen molar-refractivity contribution < 1.29 is 0 Å². The smallest absolute Gasteiger partial charge is 0.251 e. The first kappa shape index (κ1) is 57.1. The van der Waals surface area contributed by atoms with Gasteiger partial charge in [0.15, 0.2) is 29.0 Å². The summed E-state index contributed by atoms with van der Waals surface area (Å²) in [6, 6.07) is 103. The van der Waals surface area contributed by atoms with Crippen LogP contribution in [0.15, 0.2) is 291 Å². The Kier molecular flexibility index (Phi) is 13.7. The van der Waals surface area contributed by atoms with E-state index in [1.54, 1.807) is 0 Å². The standard InChI is InChI=1S/C85H57BN10/c1-85(2,3)62-38-44-74-67(50-62)66-46-59(61-48-78-80-79(49-61)95(65-33-21-10-22-34-65)77-51-63(88-4)39-41-70(77)86(80)69-40-35-54(53-87)45-76(69)94(78)64-31-19-9-20-32-64)36-42-73(66)96(74)75-43-37-60(83-89-71(55-23-11-5-12-24-55)52-72(90-83)56-25-13-6-14-26-56)47-68(75)84-92-81(57-27-15-7-16-28-57)91-82(93-84)58-29-17-8-18-30-58/h5-52H,1-3H3. The van der Waals surface area contributed by atoms with Crippen LogP contribution in [0, 0.1) is 17.9 Å². The number of hydrogen-bond acceptors (Lipinski definition) is 8. The van der Waals surface area contributed by atoms with E-state index in [0.29, 0.717) is 34.5 Å². The van der Waals surface area contributed by atoms with Crippen LogP contribution in [0.2, 0.25) is 0 Å². The Bertz CT molecular complexity index is 5420. The van der Waals surface area contributed by atoms with Gasteiger partial charge in [0.1, 0.15) is 0 Å². The number of anilines is 6. The number of fused-ring (bicyclic) bond motifs is 7. The Labute approximate surface area is 557 Å². The Morgan fingerprint density at radius 1 is 0.385 bits per heavy atom. The molecule has 10 nitrogen and oxygen atoms in total. The van der Waals surface area contributed by atoms with Gasteiger partial charge in [0.2, 0.25) is 0 Å². The lowest BCUT2D eigenvalue weighted by atomic mass is 9.33. The molecule has 2 aliphatic rings. The van der Waals surface area contributed by atoms with E-state index in [0.717, 1.165) is 134 Å². The Morgan fingerprint density at radius 3 is 1.41 bits per heavy atom. The zero-order valence-electron chi connectivity index (χ0n) is 52.8. The van der Waals surface area contributed by atoms with E-state index in [1.165, 1.54) is 5.56 Å². The highest BCUT2D eigenvalue weighted by Gasteiger charge is 2.44. The van der Waals surface area contributed by atoms with E-state index in [2.05, 4.69) is 204 Å². The molecule has 2 aliphatic heterocycles. The maximum absolute atomic E-state index is 10.5. The second-order valence-corrected chi connectivity index (χ2v) is 25.5. The number of aromatic nitrogens is 6. The maximum Gasteiger partial charge on any atom is 0.251 e. The largest absolute Gasteiger partial charge is 0.313 e. The summed E-state index contributed by atoms with van der Waals surface area (Å²) >= 11 is 0. The molecule has 17 rings (SSSR count). The molecule has 450 valence electrons. The van der Waals surface area contributed by atoms with Crippen LogP contribution in [0.25, 0.3) is 112 Å². The topological polar surface area (TPSA) is 104 Å². The number of nitriles is 1. The molecule has 0 bridgehead atoms. The lowest BCUT2D eigenvalue weighted by Crippen LogP contribution is -2.61. The molecule has 0 N–H and O–H groups in total. The highest BCUT2D eigenvalue weighted by molar-refractivity contribution is 7.00. The number of hydrogen-bond donors (Lipinski definition) is 0. The van der Waals surface area contributed by atoms with Crippen LogP contribution in [0.5, 0.6) is 0 Å². The predicted octanol–water partition coefficient (Wildman–Crippen LogP) is 19.2. The van der Waals surface area contributed by atoms with Crippen LogP contribution in [-0.4, -0.2) is 36.2 Å². The summed E-state index contributed by atoms with van der Waals surface area (Å²) in [6.45, 7) is 14.9. The monoisotopic (exact) mass is 1230 g/mol. The molecule has 5 heterocycles. The molecule has 0 radical (unpaired) electrons. The summed E-state index contributed by atoms with van der Waals surface area (Å²) in [5.41, 5.74) is 22.9. The van der Waals surface area contributed by atoms with Gasteiger partial charge in [-0.15, -0.1) is 0 Å². The van der Waals surface area contributed by atoms with Crippen LogP contribution >= 0.6 is 0 Å². The Balaban J connectivity index is 0.934. The SMILES string of the molecule is [C-]#[N+]c1ccc2c(c1)N(c1ccccc1)c1cc(-c3ccc4c(c3)c3cc(C(C)(C)C)ccc3n4-c3ccc(-c4nc(-c5ccccc5)cc(-c5ccccc5)n4)cc3-c3nc(-c4ccccc4)nc(-c4ccccc4)n3)cc3c1B2c1ccc(C#N)cc1N3c1ccccc1. The van der Waals surface area contributed by atoms with Crippen molar-refractivity contribution in [3.05, 3.63) is 314 Å². The third-order valence-electron chi connectivity index (χ3n) is 18.6. The zero-order chi connectivity index (χ0) is 64.6. The molecule has 0 spiro atoms. The average molecular weight is 1230 g/mol. The molecule has 0 saturated carbocycles. The highest BCUT2D eigenvalue weighted by Crippen LogP contribution is 2.48. The lowest BCUT2D eigenvalue weighted by Gasteiger charge is -2.44. The normalized spacial score (nSPS) is 12.2. The van der Waals surface area contributed by atoms with Crippen molar-refractivity contribution in [2.75, 3.05) is 9.80 Å². The number of benzene rings is 12. The van der Waals surface area contributed by atoms with E-state index in [-0.39, 0.29) is 12.1 Å². The summed E-state index contributed by atoms with van der Waals surface area (Å²) in [5.74, 6) is 2.13. The van der Waals surface area contributed by atoms with E-state index in [1.807, 2.05) is 133 Å². The minimum Gasteiger partial charge on any atom is -0.313 e. The summed E-state index contributed by atoms with van der Waals surface area (Å²) in [4.78, 5) is 35.4. The number of para-hydroxylation sites is 2. The van der Waals surface area contributed by atoms with Crippen molar-refractivity contribution in [1.29, 1.82) is 5.26 Å². The van der Waals surface area contributed by atoms with E-state index in [9.17, 15) is 5.26 Å². The average Bonchev–Trinajstić information content (AvgIpc) is 1.32. The van der Waals surface area contributed by atoms with E-state index >= 15 is 0 Å². The Hall–Kier alpha value is -12.8. The third-order valence-corrected chi connectivity index (χ3v) is 18.6. The van der Waals surface area contributed by atoms with Gasteiger partial charge in [-0.25, -0.2) is 29.8 Å². The van der Waals surface area contributed by atoms with Gasteiger partial charge < -0.3 is 14.4 Å². The van der Waals surface area contributed by atoms with Crippen LogP contribution in [0.1, 0.15) is 31.9 Å². The van der Waals surface area contributed by atoms with Crippen molar-refractivity contribution in [3.8, 4) is 90.9 Å². The van der Waals surface area contributed by atoms with Crippen molar-refractivity contribution in [2.24, 2.45) is 0 Å². The third kappa shape index (κ3) is 9.85. The summed E-state index contributed by atoms with van der Waals surface area (Å²) < 4.78 is 2.37. The number of rotatable bonds is 10. The van der Waals surface area contributed by atoms with Gasteiger partial charge in [-0.1, -0.05) is 209 Å². The maximum atomic E-state index is 10.5. The molecule has 0 atom stereocenters. The second-order valence-electron chi connectivity index (χ2n) is 25.5. The lowest BCUT2D eigenvalue weighted by molar-refractivity contribution is 0.591. The van der Waals surface area contributed by atoms with E-state index in [4.69, 9.17) is 31.5 Å². The zero-order valence-corrected chi connectivity index (χ0v) is 52.8. The quantitative estimate of drug-likeness (QED) is 0.0985. The predicted molar refractivity (Wildman–Crippen MR) is 392 cm³/mol. The van der Waals surface area contributed by atoms with Gasteiger partial charge in [-0.2, -0.15) is 5.26 Å². The summed E-state index contributed by atoms with van der Waals surface area (Å²) in [5, 5.41) is 12.7. The van der Waals surface area contributed by atoms with Gasteiger partial charge in [-0.05, 0) is 142 Å². The van der Waals surface area contributed by atoms with E-state index < -0.39 is 0 Å². The van der Waals surface area contributed by atoms with Gasteiger partial charge in [0, 0.05) is 78.3 Å². The van der Waals surface area contributed by atoms with Gasteiger partial charge >= 0.3 is 0 Å². The second kappa shape index (κ2) is 23.1. The van der Waals surface area contributed by atoms with Gasteiger partial charge in [0.25, 0.3) is 6.71 Å². The number of nitrogens with zero attached hydrogens (tertiary/aromatic N) is 10. The van der Waals surface area contributed by atoms with Gasteiger partial charge in [0.05, 0.1) is 46.3 Å². The molecule has 0 fully saturated rings. The highest BCUT2D eigenvalue weighted by atomic mass is 15.2. The molecule has 0 aliphatic carbocycles. The Morgan fingerprint density at radius 2 is 0.865 bits per heavy atom. The van der Waals surface area contributed by atoms with Crippen LogP contribution in [0.3, 0.4) is 0 Å². The first-order chi connectivity index (χ1) is 47.1. The first-order valence-electron chi connectivity index (χ1n) is 32.2. The fourth-order valence-electron chi connectivity index (χ4n) is 14.0. The molecule has 11 heteroatoms. The molecule has 12 aromatic carbocycles. The summed E-state index contributed by atoms with van der Waals surface area (Å²) in [7, 11) is 0. The van der Waals surface area contributed by atoms with Crippen molar-refractivity contribution >= 4 is 84.7 Å².